The molecule has 0 unspecified atom stereocenters. The van der Waals surface area contributed by atoms with Crippen molar-refractivity contribution in [3.8, 4) is 0 Å². The number of hydrogen-bond acceptors (Lipinski definition) is 6. The van der Waals surface area contributed by atoms with Gasteiger partial charge in [-0.3, -0.25) is 9.69 Å². The second-order valence-electron chi connectivity index (χ2n) is 8.69. The molecule has 1 N–H and O–H groups in total. The maximum absolute atomic E-state index is 13.2. The van der Waals surface area contributed by atoms with Gasteiger partial charge in [0.15, 0.2) is 5.65 Å². The van der Waals surface area contributed by atoms with Crippen molar-refractivity contribution < 1.29 is 18.0 Å². The Morgan fingerprint density at radius 2 is 1.74 bits per heavy atom. The van der Waals surface area contributed by atoms with Gasteiger partial charge in [0, 0.05) is 32.1 Å². The molecule has 0 spiro atoms. The first kappa shape index (κ1) is 24.9. The van der Waals surface area contributed by atoms with Crippen molar-refractivity contribution in [2.45, 2.75) is 46.0 Å². The lowest BCUT2D eigenvalue weighted by Gasteiger charge is -2.32. The molecule has 1 aliphatic heterocycles. The number of alkyl halides is 3. The topological polar surface area (TPSA) is 78.7 Å². The van der Waals surface area contributed by atoms with Crippen molar-refractivity contribution in [1.29, 1.82) is 0 Å². The highest BCUT2D eigenvalue weighted by Gasteiger charge is 2.38. The lowest BCUT2D eigenvalue weighted by Crippen LogP contribution is -2.41. The summed E-state index contributed by atoms with van der Waals surface area (Å²) in [5.41, 5.74) is 2.36. The van der Waals surface area contributed by atoms with Crippen molar-refractivity contribution >= 4 is 17.4 Å². The highest BCUT2D eigenvalue weighted by Crippen LogP contribution is 2.28. The molecule has 1 aromatic carbocycles. The zero-order valence-electron chi connectivity index (χ0n) is 19.9. The van der Waals surface area contributed by atoms with E-state index < -0.39 is 12.0 Å². The van der Waals surface area contributed by atoms with Gasteiger partial charge in [0.1, 0.15) is 5.82 Å². The van der Waals surface area contributed by atoms with E-state index in [-0.39, 0.29) is 17.5 Å². The SMILES string of the molecule is CCN(CC)Cc1ccccc1CNC(=O)C1CCN(c2ccc3nnc(C(F)(F)F)n3n2)CC1. The van der Waals surface area contributed by atoms with Crippen LogP contribution in [0.1, 0.15) is 43.6 Å². The summed E-state index contributed by atoms with van der Waals surface area (Å²) in [4.78, 5) is 17.1. The quantitative estimate of drug-likeness (QED) is 0.522. The molecular formula is C24H30F3N7O. The van der Waals surface area contributed by atoms with E-state index in [1.54, 1.807) is 6.07 Å². The average molecular weight is 490 g/mol. The van der Waals surface area contributed by atoms with E-state index in [1.165, 1.54) is 11.6 Å². The van der Waals surface area contributed by atoms with E-state index in [0.29, 0.717) is 38.3 Å². The first-order valence-electron chi connectivity index (χ1n) is 11.9. The van der Waals surface area contributed by atoms with Crippen LogP contribution in [-0.2, 0) is 24.1 Å². The summed E-state index contributed by atoms with van der Waals surface area (Å²) in [5.74, 6) is -0.883. The summed E-state index contributed by atoms with van der Waals surface area (Å²) in [6.07, 6.45) is -3.44. The number of carbonyl (C=O) groups excluding carboxylic acids is 1. The Kier molecular flexibility index (Phi) is 7.54. The molecule has 1 amide bonds. The molecular weight excluding hydrogens is 459 g/mol. The van der Waals surface area contributed by atoms with E-state index in [0.717, 1.165) is 29.7 Å². The van der Waals surface area contributed by atoms with Crippen LogP contribution in [0.3, 0.4) is 0 Å². The lowest BCUT2D eigenvalue weighted by molar-refractivity contribution is -0.146. The van der Waals surface area contributed by atoms with Gasteiger partial charge in [-0.15, -0.1) is 15.3 Å². The van der Waals surface area contributed by atoms with Gasteiger partial charge in [0.05, 0.1) is 0 Å². The van der Waals surface area contributed by atoms with E-state index in [1.807, 2.05) is 23.1 Å². The van der Waals surface area contributed by atoms with Crippen LogP contribution in [0.4, 0.5) is 19.0 Å². The molecule has 1 fully saturated rings. The summed E-state index contributed by atoms with van der Waals surface area (Å²) in [5, 5.41) is 13.9. The van der Waals surface area contributed by atoms with Gasteiger partial charge >= 0.3 is 6.18 Å². The number of anilines is 1. The number of halogens is 3. The van der Waals surface area contributed by atoms with Gasteiger partial charge in [-0.05, 0) is 49.2 Å². The molecule has 0 atom stereocenters. The number of nitrogens with one attached hydrogen (secondary N) is 1. The van der Waals surface area contributed by atoms with E-state index in [2.05, 4.69) is 45.4 Å². The van der Waals surface area contributed by atoms with Crippen LogP contribution >= 0.6 is 0 Å². The van der Waals surface area contributed by atoms with Gasteiger partial charge in [0.2, 0.25) is 5.91 Å². The Morgan fingerprint density at radius 1 is 1.06 bits per heavy atom. The predicted molar refractivity (Wildman–Crippen MR) is 126 cm³/mol. The maximum Gasteiger partial charge on any atom is 0.453 e. The molecule has 0 saturated carbocycles. The molecule has 188 valence electrons. The molecule has 1 saturated heterocycles. The number of rotatable bonds is 8. The monoisotopic (exact) mass is 489 g/mol. The Bertz CT molecular complexity index is 1150. The molecule has 11 heteroatoms. The number of piperidine rings is 1. The largest absolute Gasteiger partial charge is 0.453 e. The van der Waals surface area contributed by atoms with Gasteiger partial charge in [-0.1, -0.05) is 38.1 Å². The summed E-state index contributed by atoms with van der Waals surface area (Å²) in [6, 6.07) is 11.3. The minimum Gasteiger partial charge on any atom is -0.355 e. The van der Waals surface area contributed by atoms with E-state index in [9.17, 15) is 18.0 Å². The number of fused-ring (bicyclic) bond motifs is 1. The Morgan fingerprint density at radius 3 is 2.40 bits per heavy atom. The number of benzene rings is 1. The van der Waals surface area contributed by atoms with Crippen molar-refractivity contribution in [3.05, 3.63) is 53.3 Å². The molecule has 8 nitrogen and oxygen atoms in total. The lowest BCUT2D eigenvalue weighted by atomic mass is 9.95. The molecule has 35 heavy (non-hydrogen) atoms. The Labute approximate surface area is 202 Å². The van der Waals surface area contributed by atoms with Crippen molar-refractivity contribution in [2.24, 2.45) is 5.92 Å². The molecule has 3 heterocycles. The third-order valence-electron chi connectivity index (χ3n) is 6.55. The minimum atomic E-state index is -4.64. The Hall–Kier alpha value is -3.21. The summed E-state index contributed by atoms with van der Waals surface area (Å²) >= 11 is 0. The number of nitrogens with zero attached hydrogens (tertiary/aromatic N) is 6. The van der Waals surface area contributed by atoms with Crippen LogP contribution in [0.5, 0.6) is 0 Å². The van der Waals surface area contributed by atoms with Gasteiger partial charge < -0.3 is 10.2 Å². The third kappa shape index (κ3) is 5.72. The van der Waals surface area contributed by atoms with E-state index >= 15 is 0 Å². The first-order chi connectivity index (χ1) is 16.8. The highest BCUT2D eigenvalue weighted by atomic mass is 19.4. The predicted octanol–water partition coefficient (Wildman–Crippen LogP) is 3.52. The van der Waals surface area contributed by atoms with Crippen LogP contribution in [-0.4, -0.2) is 56.8 Å². The van der Waals surface area contributed by atoms with Crippen LogP contribution in [0.15, 0.2) is 36.4 Å². The molecule has 1 aliphatic rings. The average Bonchev–Trinajstić information content (AvgIpc) is 3.30. The number of carbonyl (C=O) groups is 1. The summed E-state index contributed by atoms with van der Waals surface area (Å²) in [6.45, 7) is 8.57. The zero-order valence-corrected chi connectivity index (χ0v) is 19.9. The second-order valence-corrected chi connectivity index (χ2v) is 8.69. The molecule has 0 aliphatic carbocycles. The maximum atomic E-state index is 13.2. The Balaban J connectivity index is 1.35. The molecule has 3 aromatic rings. The fourth-order valence-corrected chi connectivity index (χ4v) is 4.39. The summed E-state index contributed by atoms with van der Waals surface area (Å²) in [7, 11) is 0. The smallest absolute Gasteiger partial charge is 0.355 e. The third-order valence-corrected chi connectivity index (χ3v) is 6.55. The fourth-order valence-electron chi connectivity index (χ4n) is 4.39. The van der Waals surface area contributed by atoms with Crippen molar-refractivity contribution in [1.82, 2.24) is 30.0 Å². The van der Waals surface area contributed by atoms with Crippen molar-refractivity contribution in [2.75, 3.05) is 31.1 Å². The minimum absolute atomic E-state index is 0.00358. The highest BCUT2D eigenvalue weighted by molar-refractivity contribution is 5.79. The number of aromatic nitrogens is 4. The molecule has 0 bridgehead atoms. The first-order valence-corrected chi connectivity index (χ1v) is 11.9. The second kappa shape index (κ2) is 10.6. The standard InChI is InChI=1S/C24H30F3N7O/c1-3-32(4-2)16-19-8-6-5-7-18(19)15-28-22(35)17-11-13-33(14-12-17)21-10-9-20-29-30-23(24(25,26)27)34(20)31-21/h5-10,17H,3-4,11-16H2,1-2H3,(H,28,35). The van der Waals surface area contributed by atoms with Gasteiger partial charge in [-0.25, -0.2) is 0 Å². The normalized spacial score (nSPS) is 15.2. The van der Waals surface area contributed by atoms with Gasteiger partial charge in [-0.2, -0.15) is 17.7 Å². The van der Waals surface area contributed by atoms with Crippen LogP contribution < -0.4 is 10.2 Å². The molecule has 2 aromatic heterocycles. The number of amides is 1. The van der Waals surface area contributed by atoms with Crippen molar-refractivity contribution in [3.63, 3.8) is 0 Å². The van der Waals surface area contributed by atoms with Crippen LogP contribution in [0.2, 0.25) is 0 Å². The van der Waals surface area contributed by atoms with E-state index in [4.69, 9.17) is 0 Å². The van der Waals surface area contributed by atoms with Crippen LogP contribution in [0, 0.1) is 5.92 Å². The van der Waals surface area contributed by atoms with Crippen LogP contribution in [0.25, 0.3) is 5.65 Å². The fraction of sp³-hybridized carbons (Fsp3) is 0.500. The molecule has 4 rings (SSSR count). The summed E-state index contributed by atoms with van der Waals surface area (Å²) < 4.78 is 40.2. The zero-order chi connectivity index (χ0) is 25.0. The molecule has 0 radical (unpaired) electrons. The number of hydrogen-bond donors (Lipinski definition) is 1. The van der Waals surface area contributed by atoms with Gasteiger partial charge in [0.25, 0.3) is 5.82 Å².